The van der Waals surface area contributed by atoms with Crippen LogP contribution in [-0.2, 0) is 4.79 Å². The third-order valence-corrected chi connectivity index (χ3v) is 4.74. The second-order valence-electron chi connectivity index (χ2n) is 5.49. The van der Waals surface area contributed by atoms with Gasteiger partial charge in [0.05, 0.1) is 5.56 Å². The first-order chi connectivity index (χ1) is 11.5. The molecule has 0 spiro atoms. The monoisotopic (exact) mass is 351 g/mol. The number of fused-ring (bicyclic) bond motifs is 1. The highest BCUT2D eigenvalue weighted by Gasteiger charge is 2.31. The minimum absolute atomic E-state index is 0.0674. The van der Waals surface area contributed by atoms with Crippen molar-refractivity contribution in [3.63, 3.8) is 0 Å². The molecule has 8 heteroatoms. The number of H-pyrrole nitrogens is 1. The Balaban J connectivity index is 2.09. The molecule has 0 fully saturated rings. The molecule has 1 aromatic heterocycles. The van der Waals surface area contributed by atoms with Crippen LogP contribution in [0.2, 0.25) is 0 Å². The van der Waals surface area contributed by atoms with Crippen LogP contribution in [0.25, 0.3) is 0 Å². The number of nitrogens with one attached hydrogen (secondary N) is 2. The lowest BCUT2D eigenvalue weighted by atomic mass is 9.87. The Bertz CT molecular complexity index is 833. The van der Waals surface area contributed by atoms with Crippen molar-refractivity contribution in [1.82, 2.24) is 9.97 Å². The first-order valence-electron chi connectivity index (χ1n) is 7.50. The molecule has 1 aromatic carbocycles. The van der Waals surface area contributed by atoms with Gasteiger partial charge in [0, 0.05) is 24.2 Å². The fourth-order valence-electron chi connectivity index (χ4n) is 2.68. The van der Waals surface area contributed by atoms with Gasteiger partial charge in [0.1, 0.15) is 17.5 Å². The molecule has 5 nitrogen and oxygen atoms in total. The molecule has 1 atom stereocenters. The predicted octanol–water partition coefficient (Wildman–Crippen LogP) is 3.02. The van der Waals surface area contributed by atoms with Crippen molar-refractivity contribution in [3.8, 4) is 0 Å². The van der Waals surface area contributed by atoms with Gasteiger partial charge in [0.25, 0.3) is 5.56 Å². The minimum atomic E-state index is -0.753. The maximum Gasteiger partial charge on any atom is 0.257 e. The lowest BCUT2D eigenvalue weighted by Crippen LogP contribution is -2.31. The summed E-state index contributed by atoms with van der Waals surface area (Å²) >= 11 is 1.37. The van der Waals surface area contributed by atoms with E-state index < -0.39 is 23.1 Å². The zero-order chi connectivity index (χ0) is 17.3. The van der Waals surface area contributed by atoms with Crippen molar-refractivity contribution in [2.24, 2.45) is 0 Å². The molecule has 0 saturated heterocycles. The first-order valence-corrected chi connectivity index (χ1v) is 8.49. The summed E-state index contributed by atoms with van der Waals surface area (Å²) in [6.45, 7) is 2.00. The van der Waals surface area contributed by atoms with Gasteiger partial charge < -0.3 is 10.3 Å². The molecule has 2 heterocycles. The molecular formula is C16H15F2N3O2S. The van der Waals surface area contributed by atoms with E-state index in [-0.39, 0.29) is 29.3 Å². The molecule has 1 amide bonds. The Morgan fingerprint density at radius 2 is 1.96 bits per heavy atom. The van der Waals surface area contributed by atoms with Gasteiger partial charge in [-0.15, -0.1) is 0 Å². The maximum absolute atomic E-state index is 13.5. The van der Waals surface area contributed by atoms with Gasteiger partial charge in [-0.3, -0.25) is 9.59 Å². The molecule has 2 aromatic rings. The molecule has 0 aliphatic carbocycles. The maximum atomic E-state index is 13.5. The van der Waals surface area contributed by atoms with E-state index in [1.165, 1.54) is 11.8 Å². The van der Waals surface area contributed by atoms with Gasteiger partial charge in [-0.1, -0.05) is 18.7 Å². The van der Waals surface area contributed by atoms with Gasteiger partial charge in [0.15, 0.2) is 5.16 Å². The van der Waals surface area contributed by atoms with E-state index in [1.54, 1.807) is 0 Å². The molecular weight excluding hydrogens is 336 g/mol. The fourth-order valence-corrected chi connectivity index (χ4v) is 3.40. The summed E-state index contributed by atoms with van der Waals surface area (Å²) in [7, 11) is 0. The van der Waals surface area contributed by atoms with Crippen molar-refractivity contribution < 1.29 is 13.6 Å². The largest absolute Gasteiger partial charge is 0.310 e. The zero-order valence-corrected chi connectivity index (χ0v) is 13.7. The molecule has 1 aliphatic heterocycles. The van der Waals surface area contributed by atoms with Crippen LogP contribution in [0.3, 0.4) is 0 Å². The number of hydrogen-bond donors (Lipinski definition) is 2. The van der Waals surface area contributed by atoms with E-state index in [2.05, 4.69) is 15.3 Å². The molecule has 0 radical (unpaired) electrons. The first kappa shape index (κ1) is 16.6. The molecule has 3 rings (SSSR count). The van der Waals surface area contributed by atoms with Crippen LogP contribution in [0.1, 0.15) is 36.8 Å². The molecule has 1 aliphatic rings. The van der Waals surface area contributed by atoms with E-state index in [0.717, 1.165) is 30.4 Å². The van der Waals surface area contributed by atoms with Crippen LogP contribution < -0.4 is 10.9 Å². The van der Waals surface area contributed by atoms with Crippen molar-refractivity contribution in [2.75, 3.05) is 11.1 Å². The molecule has 126 valence electrons. The van der Waals surface area contributed by atoms with Crippen LogP contribution in [0.5, 0.6) is 0 Å². The van der Waals surface area contributed by atoms with Gasteiger partial charge in [-0.2, -0.15) is 0 Å². The second kappa shape index (κ2) is 6.72. The third-order valence-electron chi connectivity index (χ3n) is 3.66. The van der Waals surface area contributed by atoms with Crippen LogP contribution in [0, 0.1) is 11.6 Å². The highest BCUT2D eigenvalue weighted by atomic mass is 32.2. The lowest BCUT2D eigenvalue weighted by Gasteiger charge is -2.24. The Kier molecular flexibility index (Phi) is 4.66. The van der Waals surface area contributed by atoms with Gasteiger partial charge in [0.2, 0.25) is 5.91 Å². The van der Waals surface area contributed by atoms with E-state index in [9.17, 15) is 18.4 Å². The summed E-state index contributed by atoms with van der Waals surface area (Å²) in [6.07, 6.45) is 0.838. The summed E-state index contributed by atoms with van der Waals surface area (Å²) in [5.41, 5.74) is 0.0542. The smallest absolute Gasteiger partial charge is 0.257 e. The molecule has 0 bridgehead atoms. The number of carbonyl (C=O) groups is 1. The third kappa shape index (κ3) is 3.33. The van der Waals surface area contributed by atoms with Crippen LogP contribution in [0.15, 0.2) is 28.2 Å². The number of rotatable bonds is 4. The number of aromatic amines is 1. The van der Waals surface area contributed by atoms with Crippen LogP contribution in [0.4, 0.5) is 14.6 Å². The standard InChI is InChI=1S/C16H15F2N3O2S/c1-2-3-24-16-20-14-13(15(23)21-16)11(7-12(22)19-14)8-4-9(17)6-10(18)5-8/h4-6,11H,2-3,7H2,1H3,(H2,19,20,21,22,23). The molecule has 24 heavy (non-hydrogen) atoms. The number of amides is 1. The molecule has 1 unspecified atom stereocenters. The predicted molar refractivity (Wildman–Crippen MR) is 87.3 cm³/mol. The average Bonchev–Trinajstić information content (AvgIpc) is 2.50. The zero-order valence-electron chi connectivity index (χ0n) is 12.9. The van der Waals surface area contributed by atoms with Gasteiger partial charge in [-0.25, -0.2) is 13.8 Å². The van der Waals surface area contributed by atoms with E-state index in [1.807, 2.05) is 6.92 Å². The summed E-state index contributed by atoms with van der Waals surface area (Å²) in [4.78, 5) is 31.4. The summed E-state index contributed by atoms with van der Waals surface area (Å²) in [6, 6.07) is 3.02. The van der Waals surface area contributed by atoms with E-state index in [0.29, 0.717) is 5.16 Å². The Morgan fingerprint density at radius 1 is 1.25 bits per heavy atom. The molecule has 2 N–H and O–H groups in total. The van der Waals surface area contributed by atoms with Crippen molar-refractivity contribution in [3.05, 3.63) is 51.3 Å². The number of hydrogen-bond acceptors (Lipinski definition) is 4. The highest BCUT2D eigenvalue weighted by molar-refractivity contribution is 7.99. The SMILES string of the molecule is CCCSc1nc2c(c(=O)[nH]1)C(c1cc(F)cc(F)c1)CC(=O)N2. The topological polar surface area (TPSA) is 74.8 Å². The van der Waals surface area contributed by atoms with E-state index in [4.69, 9.17) is 0 Å². The number of halogens is 2. The fraction of sp³-hybridized carbons (Fsp3) is 0.312. The van der Waals surface area contributed by atoms with Crippen molar-refractivity contribution >= 4 is 23.5 Å². The quantitative estimate of drug-likeness (QED) is 0.656. The molecule has 0 saturated carbocycles. The number of benzene rings is 1. The van der Waals surface area contributed by atoms with E-state index >= 15 is 0 Å². The van der Waals surface area contributed by atoms with Gasteiger partial charge >= 0.3 is 0 Å². The number of anilines is 1. The average molecular weight is 351 g/mol. The van der Waals surface area contributed by atoms with Crippen LogP contribution >= 0.6 is 11.8 Å². The van der Waals surface area contributed by atoms with Crippen molar-refractivity contribution in [2.45, 2.75) is 30.8 Å². The minimum Gasteiger partial charge on any atom is -0.310 e. The van der Waals surface area contributed by atoms with Crippen molar-refractivity contribution in [1.29, 1.82) is 0 Å². The number of nitrogens with zero attached hydrogens (tertiary/aromatic N) is 1. The Morgan fingerprint density at radius 3 is 2.62 bits per heavy atom. The number of carbonyl (C=O) groups excluding carboxylic acids is 1. The number of aromatic nitrogens is 2. The van der Waals surface area contributed by atoms with Gasteiger partial charge in [-0.05, 0) is 24.1 Å². The summed E-state index contributed by atoms with van der Waals surface area (Å²) in [5.74, 6) is -1.66. The van der Waals surface area contributed by atoms with Crippen LogP contribution in [-0.4, -0.2) is 21.6 Å². The second-order valence-corrected chi connectivity index (χ2v) is 6.57. The normalized spacial score (nSPS) is 16.6. The Hall–Kier alpha value is -2.22. The Labute approximate surface area is 140 Å². The highest BCUT2D eigenvalue weighted by Crippen LogP contribution is 2.35. The lowest BCUT2D eigenvalue weighted by molar-refractivity contribution is -0.116. The number of thioether (sulfide) groups is 1. The summed E-state index contributed by atoms with van der Waals surface area (Å²) < 4.78 is 27.0. The summed E-state index contributed by atoms with van der Waals surface area (Å²) in [5, 5.41) is 2.98.